The summed E-state index contributed by atoms with van der Waals surface area (Å²) >= 11 is 0. The van der Waals surface area contributed by atoms with Crippen LogP contribution in [0.1, 0.15) is 38.5 Å². The highest BCUT2D eigenvalue weighted by molar-refractivity contribution is 5.94. The van der Waals surface area contributed by atoms with E-state index in [1.54, 1.807) is 0 Å². The summed E-state index contributed by atoms with van der Waals surface area (Å²) in [6.45, 7) is -0.519. The summed E-state index contributed by atoms with van der Waals surface area (Å²) in [5.74, 6) is -6.06. The molecule has 0 aromatic heterocycles. The predicted octanol–water partition coefficient (Wildman–Crippen LogP) is -4.33. The molecule has 192 valence electrons. The van der Waals surface area contributed by atoms with Gasteiger partial charge in [-0.2, -0.15) is 0 Å². The van der Waals surface area contributed by atoms with Crippen LogP contribution in [-0.2, 0) is 28.8 Å². The van der Waals surface area contributed by atoms with Gasteiger partial charge in [-0.25, -0.2) is 0 Å². The van der Waals surface area contributed by atoms with E-state index in [9.17, 15) is 28.8 Å². The lowest BCUT2D eigenvalue weighted by Gasteiger charge is -2.23. The average molecular weight is 489 g/mol. The lowest BCUT2D eigenvalue weighted by Crippen LogP contribution is -2.56. The molecule has 3 unspecified atom stereocenters. The molecule has 16 heteroatoms. The van der Waals surface area contributed by atoms with Gasteiger partial charge in [0.1, 0.15) is 18.6 Å². The van der Waals surface area contributed by atoms with Crippen molar-refractivity contribution in [3.63, 3.8) is 0 Å². The number of aliphatic imine (C=N–C) groups is 1. The summed E-state index contributed by atoms with van der Waals surface area (Å²) in [6, 6.07) is -3.80. The molecule has 0 aliphatic heterocycles. The molecule has 16 nitrogen and oxygen atoms in total. The highest BCUT2D eigenvalue weighted by Crippen LogP contribution is 2.04. The Morgan fingerprint density at radius 2 is 1.32 bits per heavy atom. The van der Waals surface area contributed by atoms with Gasteiger partial charge in [0.05, 0.1) is 6.04 Å². The molecule has 13 N–H and O–H groups in total. The number of nitrogens with zero attached hydrogens (tertiary/aromatic N) is 1. The Hall–Kier alpha value is -3.95. The van der Waals surface area contributed by atoms with E-state index in [0.29, 0.717) is 6.42 Å². The molecule has 0 saturated heterocycles. The van der Waals surface area contributed by atoms with Gasteiger partial charge in [-0.05, 0) is 25.7 Å². The summed E-state index contributed by atoms with van der Waals surface area (Å²) in [7, 11) is 0. The number of guanidine groups is 1. The van der Waals surface area contributed by atoms with Gasteiger partial charge in [-0.3, -0.25) is 33.8 Å². The number of hydrogen-bond donors (Lipinski definition) is 9. The highest BCUT2D eigenvalue weighted by atomic mass is 16.4. The van der Waals surface area contributed by atoms with Crippen LogP contribution in [0, 0.1) is 0 Å². The number of carbonyl (C=O) groups is 6. The predicted molar refractivity (Wildman–Crippen MR) is 118 cm³/mol. The SMILES string of the molecule is NC(=O)CCC(NC(=O)C(CCC(=O)O)NC(=O)C(N)CCCN=C(N)N)C(=O)NCC(=O)O. The smallest absolute Gasteiger partial charge is 0.322 e. The summed E-state index contributed by atoms with van der Waals surface area (Å²) < 4.78 is 0. The van der Waals surface area contributed by atoms with Gasteiger partial charge in [0.2, 0.25) is 23.6 Å². The molecule has 0 fully saturated rings. The molecule has 0 aliphatic rings. The van der Waals surface area contributed by atoms with Gasteiger partial charge in [0, 0.05) is 19.4 Å². The van der Waals surface area contributed by atoms with Crippen molar-refractivity contribution in [2.24, 2.45) is 27.9 Å². The van der Waals surface area contributed by atoms with Crippen LogP contribution in [0.4, 0.5) is 0 Å². The lowest BCUT2D eigenvalue weighted by atomic mass is 10.1. The molecular weight excluding hydrogens is 456 g/mol. The monoisotopic (exact) mass is 488 g/mol. The van der Waals surface area contributed by atoms with Crippen molar-refractivity contribution < 1.29 is 39.0 Å². The van der Waals surface area contributed by atoms with E-state index in [-0.39, 0.29) is 38.2 Å². The van der Waals surface area contributed by atoms with E-state index in [1.807, 2.05) is 0 Å². The number of primary amides is 1. The summed E-state index contributed by atoms with van der Waals surface area (Å²) in [6.07, 6.45) is -0.858. The molecule has 0 aromatic rings. The first kappa shape index (κ1) is 30.1. The normalized spacial score (nSPS) is 13.0. The number of rotatable bonds is 17. The molecular formula is C18H32N8O8. The lowest BCUT2D eigenvalue weighted by molar-refractivity contribution is -0.139. The number of amides is 4. The minimum Gasteiger partial charge on any atom is -0.481 e. The maximum atomic E-state index is 12.7. The zero-order valence-electron chi connectivity index (χ0n) is 18.5. The Labute approximate surface area is 194 Å². The van der Waals surface area contributed by atoms with Crippen LogP contribution in [0.2, 0.25) is 0 Å². The fourth-order valence-electron chi connectivity index (χ4n) is 2.58. The molecule has 0 radical (unpaired) electrons. The Morgan fingerprint density at radius 3 is 1.85 bits per heavy atom. The zero-order chi connectivity index (χ0) is 26.3. The summed E-state index contributed by atoms with van der Waals surface area (Å²) in [5, 5.41) is 24.3. The number of hydrogen-bond acceptors (Lipinski definition) is 8. The van der Waals surface area contributed by atoms with Gasteiger partial charge in [-0.15, -0.1) is 0 Å². The third-order valence-electron chi connectivity index (χ3n) is 4.31. The van der Waals surface area contributed by atoms with Gasteiger partial charge >= 0.3 is 11.9 Å². The van der Waals surface area contributed by atoms with Crippen LogP contribution in [0.3, 0.4) is 0 Å². The van der Waals surface area contributed by atoms with Crippen molar-refractivity contribution in [1.82, 2.24) is 16.0 Å². The van der Waals surface area contributed by atoms with Crippen molar-refractivity contribution in [2.75, 3.05) is 13.1 Å². The summed E-state index contributed by atoms with van der Waals surface area (Å²) in [5.41, 5.74) is 21.3. The van der Waals surface area contributed by atoms with Gasteiger partial charge in [0.25, 0.3) is 0 Å². The van der Waals surface area contributed by atoms with E-state index in [2.05, 4.69) is 20.9 Å². The van der Waals surface area contributed by atoms with Crippen LogP contribution >= 0.6 is 0 Å². The van der Waals surface area contributed by atoms with Crippen LogP contribution in [0.15, 0.2) is 4.99 Å². The first-order valence-electron chi connectivity index (χ1n) is 10.2. The number of carboxylic acid groups (broad SMARTS) is 2. The van der Waals surface area contributed by atoms with E-state index in [0.717, 1.165) is 0 Å². The molecule has 0 rings (SSSR count). The largest absolute Gasteiger partial charge is 0.481 e. The van der Waals surface area contributed by atoms with Crippen molar-refractivity contribution in [3.05, 3.63) is 0 Å². The zero-order valence-corrected chi connectivity index (χ0v) is 18.5. The Bertz CT molecular complexity index is 784. The van der Waals surface area contributed by atoms with Crippen LogP contribution < -0.4 is 38.9 Å². The van der Waals surface area contributed by atoms with Gasteiger partial charge in [0.15, 0.2) is 5.96 Å². The first-order chi connectivity index (χ1) is 15.8. The minimum atomic E-state index is -1.38. The maximum Gasteiger partial charge on any atom is 0.322 e. The molecule has 0 saturated carbocycles. The fourth-order valence-corrected chi connectivity index (χ4v) is 2.58. The number of carbonyl (C=O) groups excluding carboxylic acids is 4. The van der Waals surface area contributed by atoms with Gasteiger partial charge in [-0.1, -0.05) is 0 Å². The molecule has 0 aromatic carbocycles. The third kappa shape index (κ3) is 14.2. The number of aliphatic carboxylic acids is 2. The van der Waals surface area contributed by atoms with Crippen LogP contribution in [0.5, 0.6) is 0 Å². The molecule has 0 spiro atoms. The Balaban J connectivity index is 5.28. The maximum absolute atomic E-state index is 12.7. The quantitative estimate of drug-likeness (QED) is 0.0535. The number of carboxylic acids is 2. The van der Waals surface area contributed by atoms with Crippen LogP contribution in [0.25, 0.3) is 0 Å². The fraction of sp³-hybridized carbons (Fsp3) is 0.611. The molecule has 0 bridgehead atoms. The van der Waals surface area contributed by atoms with Crippen LogP contribution in [-0.4, -0.2) is 83.0 Å². The second-order valence-electron chi connectivity index (χ2n) is 7.23. The number of nitrogens with one attached hydrogen (secondary N) is 3. The second-order valence-corrected chi connectivity index (χ2v) is 7.23. The van der Waals surface area contributed by atoms with E-state index in [4.69, 9.17) is 33.1 Å². The van der Waals surface area contributed by atoms with Crippen molar-refractivity contribution in [3.8, 4) is 0 Å². The van der Waals surface area contributed by atoms with Crippen molar-refractivity contribution in [2.45, 2.75) is 56.7 Å². The van der Waals surface area contributed by atoms with Crippen molar-refractivity contribution >= 4 is 41.5 Å². The minimum absolute atomic E-state index is 0.123. The first-order valence-corrected chi connectivity index (χ1v) is 10.2. The third-order valence-corrected chi connectivity index (χ3v) is 4.31. The Kier molecular flexibility index (Phi) is 14.0. The molecule has 3 atom stereocenters. The van der Waals surface area contributed by atoms with E-state index >= 15 is 0 Å². The standard InChI is InChI=1S/C18H32N8O8/c19-9(2-1-7-23-18(21)22)15(32)25-11(4-6-13(28)29)17(34)26-10(3-5-12(20)27)16(33)24-8-14(30)31/h9-11H,1-8,19H2,(H2,20,27)(H,24,33)(H,25,32)(H,26,34)(H,28,29)(H,30,31)(H4,21,22,23). The molecule has 4 amide bonds. The Morgan fingerprint density at radius 1 is 0.765 bits per heavy atom. The van der Waals surface area contributed by atoms with E-state index in [1.165, 1.54) is 0 Å². The van der Waals surface area contributed by atoms with Crippen molar-refractivity contribution in [1.29, 1.82) is 0 Å². The highest BCUT2D eigenvalue weighted by Gasteiger charge is 2.28. The number of nitrogens with two attached hydrogens (primary N) is 4. The molecule has 34 heavy (non-hydrogen) atoms. The average Bonchev–Trinajstić information content (AvgIpc) is 2.74. The summed E-state index contributed by atoms with van der Waals surface area (Å²) in [4.78, 5) is 73.8. The topological polar surface area (TPSA) is 295 Å². The van der Waals surface area contributed by atoms with E-state index < -0.39 is 66.7 Å². The molecule has 0 heterocycles. The van der Waals surface area contributed by atoms with Gasteiger partial charge < -0.3 is 49.1 Å². The second kappa shape index (κ2) is 15.8. The molecule has 0 aliphatic carbocycles.